The van der Waals surface area contributed by atoms with Crippen LogP contribution in [0.2, 0.25) is 0 Å². The third-order valence-electron chi connectivity index (χ3n) is 0. The molecule has 0 aliphatic heterocycles. The summed E-state index contributed by atoms with van der Waals surface area (Å²) in [4.78, 5) is 0. The topological polar surface area (TPSA) is 0 Å². The van der Waals surface area contributed by atoms with Crippen molar-refractivity contribution in [3.8, 4) is 0 Å². The summed E-state index contributed by atoms with van der Waals surface area (Å²) in [7, 11) is 0. The molecular formula is CH4CeCl2-2. The zero-order valence-corrected chi connectivity index (χ0v) is 5.91. The van der Waals surface area contributed by atoms with Crippen molar-refractivity contribution in [3.05, 3.63) is 0 Å². The molecular weight excluding hydrogens is 223 g/mol. The van der Waals surface area contributed by atoms with E-state index in [1.165, 1.54) is 0 Å². The molecule has 0 spiro atoms. The summed E-state index contributed by atoms with van der Waals surface area (Å²) in [5.74, 6) is 0. The summed E-state index contributed by atoms with van der Waals surface area (Å²) >= 11 is 0. The van der Waals surface area contributed by atoms with Crippen LogP contribution >= 0.6 is 0 Å². The first-order chi connectivity index (χ1) is 0. The number of rotatable bonds is 0. The molecule has 0 aromatic carbocycles. The quantitative estimate of drug-likeness (QED) is 0.387. The Morgan fingerprint density at radius 3 is 0.750 bits per heavy atom. The average Bonchev–Trinajstić information content (AvgIpc) is 0. The van der Waals surface area contributed by atoms with Crippen LogP contribution in [-0.4, -0.2) is 0 Å². The van der Waals surface area contributed by atoms with Gasteiger partial charge in [-0.05, 0) is 0 Å². The van der Waals surface area contributed by atoms with Crippen LogP contribution in [0.25, 0.3) is 0 Å². The summed E-state index contributed by atoms with van der Waals surface area (Å²) in [5.41, 5.74) is 0. The molecule has 28 valence electrons. The largest absolute Gasteiger partial charge is 1.00 e. The van der Waals surface area contributed by atoms with Crippen molar-refractivity contribution in [1.29, 1.82) is 0 Å². The summed E-state index contributed by atoms with van der Waals surface area (Å²) < 4.78 is 0. The van der Waals surface area contributed by atoms with Crippen LogP contribution in [-0.2, 0) is 0 Å². The molecule has 0 aromatic heterocycles. The minimum absolute atomic E-state index is 0. The maximum atomic E-state index is 0. The monoisotopic (exact) mass is 226 g/mol. The first-order valence-corrected chi connectivity index (χ1v) is 0. The Hall–Kier alpha value is 1.96. The molecule has 0 rings (SSSR count). The second kappa shape index (κ2) is 20.3. The van der Waals surface area contributed by atoms with Crippen LogP contribution in [0.15, 0.2) is 0 Å². The zero-order chi connectivity index (χ0) is 0. The van der Waals surface area contributed by atoms with E-state index >= 15 is 0 Å². The fourth-order valence-electron chi connectivity index (χ4n) is 0. The van der Waals surface area contributed by atoms with E-state index in [2.05, 4.69) is 0 Å². The molecule has 0 saturated heterocycles. The number of hydrogen-bond donors (Lipinski definition) is 0. The summed E-state index contributed by atoms with van der Waals surface area (Å²) in [6.45, 7) is 0. The van der Waals surface area contributed by atoms with E-state index in [4.69, 9.17) is 0 Å². The number of hydrogen-bond acceptors (Lipinski definition) is 0. The Kier molecular flexibility index (Phi) is 194. The first-order valence-electron chi connectivity index (χ1n) is 0. The molecule has 3 heteroatoms. The van der Waals surface area contributed by atoms with Crippen LogP contribution in [0.3, 0.4) is 0 Å². The molecule has 0 heterocycles. The van der Waals surface area contributed by atoms with Gasteiger partial charge in [0.05, 0.1) is 0 Å². The summed E-state index contributed by atoms with van der Waals surface area (Å²) in [5, 5.41) is 0. The minimum atomic E-state index is 0. The molecule has 0 N–H and O–H groups in total. The van der Waals surface area contributed by atoms with Gasteiger partial charge >= 0.3 is 0 Å². The van der Waals surface area contributed by atoms with Crippen molar-refractivity contribution in [3.63, 3.8) is 0 Å². The van der Waals surface area contributed by atoms with E-state index in [0.717, 1.165) is 0 Å². The average molecular weight is 227 g/mol. The first kappa shape index (κ1) is 38.2. The van der Waals surface area contributed by atoms with Crippen molar-refractivity contribution >= 4 is 0 Å². The van der Waals surface area contributed by atoms with Gasteiger partial charge < -0.3 is 24.8 Å². The van der Waals surface area contributed by atoms with Crippen LogP contribution in [0.1, 0.15) is 7.43 Å². The molecule has 0 unspecified atom stereocenters. The Labute approximate surface area is 72.9 Å². The molecule has 4 heavy (non-hydrogen) atoms. The molecule has 0 amide bonds. The van der Waals surface area contributed by atoms with Crippen molar-refractivity contribution in [2.75, 3.05) is 0 Å². The van der Waals surface area contributed by atoms with Crippen molar-refractivity contribution in [1.82, 2.24) is 0 Å². The Balaban J connectivity index is 0. The van der Waals surface area contributed by atoms with Gasteiger partial charge in [-0.25, -0.2) is 0 Å². The van der Waals surface area contributed by atoms with Gasteiger partial charge in [0.25, 0.3) is 0 Å². The van der Waals surface area contributed by atoms with Gasteiger partial charge in [-0.2, -0.15) is 0 Å². The summed E-state index contributed by atoms with van der Waals surface area (Å²) in [6, 6.07) is 0. The predicted octanol–water partition coefficient (Wildman–Crippen LogP) is -5.36. The van der Waals surface area contributed by atoms with Gasteiger partial charge in [-0.15, -0.1) is 0 Å². The van der Waals surface area contributed by atoms with Gasteiger partial charge in [-0.3, -0.25) is 0 Å². The smallest absolute Gasteiger partial charge is 0 e. The predicted molar refractivity (Wildman–Crippen MR) is 6.73 cm³/mol. The van der Waals surface area contributed by atoms with E-state index < -0.39 is 0 Å². The molecule has 0 aliphatic rings. The Morgan fingerprint density at radius 1 is 0.750 bits per heavy atom. The second-order valence-corrected chi connectivity index (χ2v) is 0. The van der Waals surface area contributed by atoms with Crippen LogP contribution in [0.4, 0.5) is 0 Å². The molecule has 0 aliphatic carbocycles. The maximum absolute atomic E-state index is 0. The number of halogens is 2. The molecule has 0 nitrogen and oxygen atoms in total. The normalized spacial score (nSPS) is 0. The van der Waals surface area contributed by atoms with Gasteiger partial charge in [0, 0.05) is 41.7 Å². The fraction of sp³-hybridized carbons (Fsp3) is 1.00. The van der Waals surface area contributed by atoms with Crippen LogP contribution in [0.5, 0.6) is 0 Å². The molecule has 0 saturated carbocycles. The van der Waals surface area contributed by atoms with Gasteiger partial charge in [-0.1, -0.05) is 7.43 Å². The molecule has 0 aromatic rings. The SMILES string of the molecule is C.[Ce].[Cl-].[Cl-]. The Bertz CT molecular complexity index is 6.00. The summed E-state index contributed by atoms with van der Waals surface area (Å²) in [6.07, 6.45) is 0. The zero-order valence-electron chi connectivity index (χ0n) is 1.26. The van der Waals surface area contributed by atoms with Gasteiger partial charge in [0.15, 0.2) is 0 Å². The second-order valence-electron chi connectivity index (χ2n) is 0. The van der Waals surface area contributed by atoms with E-state index in [1.807, 2.05) is 0 Å². The third-order valence-corrected chi connectivity index (χ3v) is 0. The standard InChI is InChI=1S/CH4.Ce.2ClH/h1H4;;2*1H/p-2. The van der Waals surface area contributed by atoms with Crippen LogP contribution < -0.4 is 24.8 Å². The fourth-order valence-corrected chi connectivity index (χ4v) is 0. The van der Waals surface area contributed by atoms with Crippen molar-refractivity contribution < 1.29 is 66.6 Å². The van der Waals surface area contributed by atoms with Gasteiger partial charge in [0.2, 0.25) is 0 Å². The van der Waals surface area contributed by atoms with Crippen molar-refractivity contribution in [2.45, 2.75) is 7.43 Å². The van der Waals surface area contributed by atoms with E-state index in [1.54, 1.807) is 0 Å². The van der Waals surface area contributed by atoms with E-state index in [0.29, 0.717) is 0 Å². The van der Waals surface area contributed by atoms with Gasteiger partial charge in [0.1, 0.15) is 0 Å². The van der Waals surface area contributed by atoms with Crippen LogP contribution in [0, 0.1) is 41.7 Å². The molecule has 0 fully saturated rings. The van der Waals surface area contributed by atoms with E-state index in [9.17, 15) is 0 Å². The maximum Gasteiger partial charge on any atom is 0 e. The molecule has 0 bridgehead atoms. The minimum Gasteiger partial charge on any atom is -1.00 e. The van der Waals surface area contributed by atoms with Crippen molar-refractivity contribution in [2.24, 2.45) is 0 Å². The van der Waals surface area contributed by atoms with E-state index in [-0.39, 0.29) is 74.0 Å². The molecule has 0 radical (unpaired) electrons. The Morgan fingerprint density at radius 2 is 0.750 bits per heavy atom. The molecule has 0 atom stereocenters. The third kappa shape index (κ3) is 9.03.